The van der Waals surface area contributed by atoms with Crippen LogP contribution in [0.1, 0.15) is 29.3 Å². The molecule has 0 bridgehead atoms. The van der Waals surface area contributed by atoms with Crippen LogP contribution in [0.5, 0.6) is 0 Å². The lowest BCUT2D eigenvalue weighted by Gasteiger charge is -2.34. The summed E-state index contributed by atoms with van der Waals surface area (Å²) in [5.74, 6) is 0. The lowest BCUT2D eigenvalue weighted by molar-refractivity contribution is 1.07. The summed E-state index contributed by atoms with van der Waals surface area (Å²) in [6.45, 7) is 6.82. The quantitative estimate of drug-likeness (QED) is 0.203. The van der Waals surface area contributed by atoms with Crippen LogP contribution >= 0.6 is 23.2 Å². The van der Waals surface area contributed by atoms with Gasteiger partial charge in [-0.2, -0.15) is 0 Å². The van der Waals surface area contributed by atoms with Crippen molar-refractivity contribution in [3.63, 3.8) is 0 Å². The van der Waals surface area contributed by atoms with Crippen molar-refractivity contribution in [3.05, 3.63) is 136 Å². The van der Waals surface area contributed by atoms with Crippen LogP contribution in [0.3, 0.4) is 0 Å². The van der Waals surface area contributed by atoms with Crippen LogP contribution < -0.4 is 15.9 Å². The van der Waals surface area contributed by atoms with Gasteiger partial charge in [-0.25, -0.2) is 0 Å². The van der Waals surface area contributed by atoms with E-state index in [9.17, 15) is 0 Å². The van der Waals surface area contributed by atoms with E-state index in [1.807, 2.05) is 0 Å². The molecule has 0 nitrogen and oxygen atoms in total. The molecule has 0 spiro atoms. The first-order valence-corrected chi connectivity index (χ1v) is 14.4. The van der Waals surface area contributed by atoms with Crippen molar-refractivity contribution in [1.29, 1.82) is 0 Å². The molecule has 0 heterocycles. The lowest BCUT2D eigenvalue weighted by Crippen LogP contribution is -2.34. The van der Waals surface area contributed by atoms with Crippen LogP contribution in [0.25, 0.3) is 10.8 Å². The van der Waals surface area contributed by atoms with Gasteiger partial charge in [-0.15, -0.1) is 0 Å². The Kier molecular flexibility index (Phi) is 6.43. The summed E-state index contributed by atoms with van der Waals surface area (Å²) in [7, 11) is -2.02. The normalized spacial score (nSPS) is 12.6. The Morgan fingerprint density at radius 3 is 1.50 bits per heavy atom. The summed E-state index contributed by atoms with van der Waals surface area (Å²) < 4.78 is 1.22. The van der Waals surface area contributed by atoms with Gasteiger partial charge in [-0.1, -0.05) is 78.9 Å². The second kappa shape index (κ2) is 9.49. The first-order valence-electron chi connectivity index (χ1n) is 11.8. The summed E-state index contributed by atoms with van der Waals surface area (Å²) in [5, 5.41) is 6.81. The highest BCUT2D eigenvalue weighted by Gasteiger charge is 2.51. The second-order valence-electron chi connectivity index (χ2n) is 9.03. The van der Waals surface area contributed by atoms with Crippen molar-refractivity contribution in [2.75, 3.05) is 0 Å². The maximum atomic E-state index is 4.07. The number of hydrogen-bond acceptors (Lipinski definition) is 0. The molecule has 0 saturated heterocycles. The molecule has 1 atom stereocenters. The van der Waals surface area contributed by atoms with E-state index in [0.717, 1.165) is 0 Å². The van der Waals surface area contributed by atoms with Crippen molar-refractivity contribution in [3.8, 4) is 0 Å². The molecule has 0 radical (unpaired) electrons. The van der Waals surface area contributed by atoms with Gasteiger partial charge in [0.05, 0.1) is 0 Å². The van der Waals surface area contributed by atoms with Gasteiger partial charge >= 0.3 is 0 Å². The van der Waals surface area contributed by atoms with Gasteiger partial charge in [0.2, 0.25) is 0 Å². The van der Waals surface area contributed by atoms with Crippen LogP contribution in [-0.2, 0) is 0 Å². The summed E-state index contributed by atoms with van der Waals surface area (Å²) >= 11 is 4.07. The fraction of sp³-hybridized carbons (Fsp3) is 0.125. The number of hydrogen-bond donors (Lipinski definition) is 0. The van der Waals surface area contributed by atoms with Crippen molar-refractivity contribution >= 4 is 49.9 Å². The van der Waals surface area contributed by atoms with Crippen LogP contribution in [-0.4, -0.2) is 0 Å². The molecular weight excluding hydrogens is 495 g/mol. The molecule has 0 aliphatic rings. The van der Waals surface area contributed by atoms with Crippen molar-refractivity contribution < 1.29 is 0 Å². The molecule has 0 aliphatic carbocycles. The molecule has 5 aromatic rings. The third-order valence-electron chi connectivity index (χ3n) is 7.12. The van der Waals surface area contributed by atoms with E-state index in [4.69, 9.17) is 0 Å². The van der Waals surface area contributed by atoms with E-state index >= 15 is 0 Å². The van der Waals surface area contributed by atoms with Gasteiger partial charge in [0.25, 0.3) is 0 Å². The molecule has 34 heavy (non-hydrogen) atoms. The molecule has 0 aliphatic heterocycles. The van der Waals surface area contributed by atoms with E-state index in [-0.39, 0.29) is 5.66 Å². The third-order valence-corrected chi connectivity index (χ3v) is 12.8. The van der Waals surface area contributed by atoms with Gasteiger partial charge in [-0.3, -0.25) is 0 Å². The summed E-state index contributed by atoms with van der Waals surface area (Å²) in [6, 6.07) is 42.7. The number of benzene rings is 5. The molecule has 1 unspecified atom stereocenters. The Hall–Kier alpha value is -2.73. The summed E-state index contributed by atoms with van der Waals surface area (Å²) in [6.07, 6.45) is 0. The van der Waals surface area contributed by atoms with Crippen molar-refractivity contribution in [1.82, 2.24) is 0 Å². The molecule has 5 aromatic carbocycles. The zero-order valence-electron chi connectivity index (χ0n) is 19.9. The molecule has 2 heteroatoms. The number of rotatable bonds is 5. The number of aryl methyl sites for hydroxylation is 2. The Labute approximate surface area is 212 Å². The van der Waals surface area contributed by atoms with Crippen molar-refractivity contribution in [2.24, 2.45) is 0 Å². The van der Waals surface area contributed by atoms with E-state index < -0.39 is 7.26 Å². The van der Waals surface area contributed by atoms with Crippen LogP contribution in [0.2, 0.25) is 0 Å². The molecular formula is C32H29BrP+. The third kappa shape index (κ3) is 3.82. The van der Waals surface area contributed by atoms with Gasteiger partial charge in [0.15, 0.2) is 0 Å². The highest BCUT2D eigenvalue weighted by Crippen LogP contribution is 2.67. The maximum Gasteiger partial charge on any atom is 0.119 e. The van der Waals surface area contributed by atoms with E-state index in [1.54, 1.807) is 0 Å². The molecule has 0 amide bonds. The molecule has 0 fully saturated rings. The fourth-order valence-electron chi connectivity index (χ4n) is 5.21. The van der Waals surface area contributed by atoms with E-state index in [0.29, 0.717) is 0 Å². The van der Waals surface area contributed by atoms with Gasteiger partial charge < -0.3 is 0 Å². The molecule has 0 aromatic heterocycles. The highest BCUT2D eigenvalue weighted by atomic mass is 79.9. The first-order chi connectivity index (χ1) is 16.5. The summed E-state index contributed by atoms with van der Waals surface area (Å²) in [5.41, 5.74) is 4.30. The predicted molar refractivity (Wildman–Crippen MR) is 155 cm³/mol. The van der Waals surface area contributed by atoms with Crippen LogP contribution in [0, 0.1) is 13.8 Å². The smallest absolute Gasteiger partial charge is 0.0620 e. The second-order valence-corrected chi connectivity index (χ2v) is 13.6. The Morgan fingerprint density at radius 2 is 1.03 bits per heavy atom. The first kappa shape index (κ1) is 23.0. The molecule has 5 rings (SSSR count). The topological polar surface area (TPSA) is 0 Å². The minimum atomic E-state index is -2.02. The largest absolute Gasteiger partial charge is 0.119 e. The fourth-order valence-corrected chi connectivity index (χ4v) is 11.0. The van der Waals surface area contributed by atoms with Crippen LogP contribution in [0.4, 0.5) is 0 Å². The highest BCUT2D eigenvalue weighted by molar-refractivity contribution is 9.10. The minimum Gasteiger partial charge on any atom is -0.0620 e. The van der Waals surface area contributed by atoms with Gasteiger partial charge in [-0.05, 0) is 95.0 Å². The van der Waals surface area contributed by atoms with Gasteiger partial charge in [0.1, 0.15) is 28.8 Å². The Bertz CT molecular complexity index is 1330. The zero-order valence-corrected chi connectivity index (χ0v) is 22.4. The van der Waals surface area contributed by atoms with E-state index in [2.05, 4.69) is 152 Å². The van der Waals surface area contributed by atoms with E-state index in [1.165, 1.54) is 47.8 Å². The number of fused-ring (bicyclic) bond motifs is 1. The summed E-state index contributed by atoms with van der Waals surface area (Å²) in [4.78, 5) is 0. The average molecular weight is 524 g/mol. The van der Waals surface area contributed by atoms with Gasteiger partial charge in [0, 0.05) is 10.0 Å². The average Bonchev–Trinajstić information content (AvgIpc) is 2.88. The molecule has 168 valence electrons. The maximum absolute atomic E-state index is 4.07. The minimum absolute atomic E-state index is 0.278. The SMILES string of the molecule is Cc1cc2ccc(C(C)[P+](c3ccccc3)(c3ccccc3)c3ccccc3)c(Br)c2cc1C. The molecule has 0 saturated carbocycles. The van der Waals surface area contributed by atoms with Crippen molar-refractivity contribution in [2.45, 2.75) is 26.4 Å². The zero-order chi connectivity index (χ0) is 23.7. The Morgan fingerprint density at radius 1 is 0.588 bits per heavy atom. The molecule has 0 N–H and O–H groups in total. The lowest BCUT2D eigenvalue weighted by atomic mass is 10.00. The Balaban J connectivity index is 1.85. The predicted octanol–water partition coefficient (Wildman–Crippen LogP) is 8.27. The standard InChI is InChI=1S/C32H29BrP/c1-23-21-26-19-20-30(32(33)31(26)22-24(23)2)25(3)34(27-13-7-4-8-14-27,28-15-9-5-10-16-28)29-17-11-6-12-18-29/h4-22,25H,1-3H3/q+1. The monoisotopic (exact) mass is 523 g/mol. The van der Waals surface area contributed by atoms with Crippen LogP contribution in [0.15, 0.2) is 120 Å². The number of halogens is 1.